The van der Waals surface area contributed by atoms with Crippen LogP contribution < -0.4 is 15.4 Å². The molecule has 0 radical (unpaired) electrons. The van der Waals surface area contributed by atoms with Crippen LogP contribution in [0.25, 0.3) is 0 Å². The van der Waals surface area contributed by atoms with Crippen molar-refractivity contribution in [2.75, 3.05) is 24.2 Å². The van der Waals surface area contributed by atoms with Gasteiger partial charge in [0.2, 0.25) is 10.0 Å². The van der Waals surface area contributed by atoms with Gasteiger partial charge >= 0.3 is 0 Å². The first-order valence-electron chi connectivity index (χ1n) is 6.58. The van der Waals surface area contributed by atoms with E-state index < -0.39 is 10.0 Å². The molecular formula is C14H19N3O3S. The normalized spacial score (nSPS) is 11.5. The number of benzene rings is 1. The van der Waals surface area contributed by atoms with E-state index in [4.69, 9.17) is 10.2 Å². The predicted molar refractivity (Wildman–Crippen MR) is 82.5 cm³/mol. The minimum atomic E-state index is -3.50. The third-order valence-electron chi connectivity index (χ3n) is 3.23. The first kappa shape index (κ1) is 15.4. The lowest BCUT2D eigenvalue weighted by atomic mass is 10.2. The molecule has 0 saturated carbocycles. The number of sulfonamides is 1. The molecule has 0 aliphatic carbocycles. The van der Waals surface area contributed by atoms with Crippen molar-refractivity contribution in [3.05, 3.63) is 42.4 Å². The van der Waals surface area contributed by atoms with Crippen LogP contribution in [0.15, 0.2) is 45.9 Å². The van der Waals surface area contributed by atoms with Crippen molar-refractivity contribution >= 4 is 21.4 Å². The number of nitrogen functional groups attached to an aromatic ring is 1. The monoisotopic (exact) mass is 309 g/mol. The maximum atomic E-state index is 11.9. The molecule has 0 saturated heterocycles. The van der Waals surface area contributed by atoms with Crippen LogP contribution in [0, 0.1) is 0 Å². The molecule has 1 aromatic carbocycles. The van der Waals surface area contributed by atoms with Crippen molar-refractivity contribution in [1.29, 1.82) is 0 Å². The van der Waals surface area contributed by atoms with Gasteiger partial charge in [-0.1, -0.05) is 0 Å². The standard InChI is InChI=1S/C14H19N3O3S/c1-3-17(10-11-5-4-8-20-11)14-9-12(6-7-13(14)15)21(18,19)16-2/h4-9,16H,3,10,15H2,1-2H3. The fourth-order valence-electron chi connectivity index (χ4n) is 2.04. The van der Waals surface area contributed by atoms with Crippen LogP contribution in [0.4, 0.5) is 11.4 Å². The summed E-state index contributed by atoms with van der Waals surface area (Å²) in [5, 5.41) is 0. The van der Waals surface area contributed by atoms with E-state index in [1.54, 1.807) is 18.4 Å². The van der Waals surface area contributed by atoms with Crippen molar-refractivity contribution in [3.8, 4) is 0 Å². The Morgan fingerprint density at radius 3 is 2.67 bits per heavy atom. The Balaban J connectivity index is 2.38. The zero-order chi connectivity index (χ0) is 15.5. The van der Waals surface area contributed by atoms with Gasteiger partial charge in [0.05, 0.1) is 29.1 Å². The van der Waals surface area contributed by atoms with E-state index >= 15 is 0 Å². The van der Waals surface area contributed by atoms with Crippen molar-refractivity contribution < 1.29 is 12.8 Å². The lowest BCUT2D eigenvalue weighted by molar-refractivity contribution is 0.504. The van der Waals surface area contributed by atoms with Crippen LogP contribution in [0.1, 0.15) is 12.7 Å². The zero-order valence-corrected chi connectivity index (χ0v) is 12.9. The molecule has 0 unspecified atom stereocenters. The van der Waals surface area contributed by atoms with Crippen molar-refractivity contribution in [2.24, 2.45) is 0 Å². The summed E-state index contributed by atoms with van der Waals surface area (Å²) in [6.07, 6.45) is 1.61. The van der Waals surface area contributed by atoms with Gasteiger partial charge in [-0.3, -0.25) is 0 Å². The predicted octanol–water partition coefficient (Wildman–Crippen LogP) is 1.80. The minimum Gasteiger partial charge on any atom is -0.467 e. The van der Waals surface area contributed by atoms with Crippen LogP contribution in [0.5, 0.6) is 0 Å². The largest absolute Gasteiger partial charge is 0.467 e. The molecule has 0 aliphatic rings. The van der Waals surface area contributed by atoms with Gasteiger partial charge in [0.25, 0.3) is 0 Å². The second-order valence-corrected chi connectivity index (χ2v) is 6.41. The number of nitrogens with one attached hydrogen (secondary N) is 1. The third-order valence-corrected chi connectivity index (χ3v) is 4.64. The average molecular weight is 309 g/mol. The average Bonchev–Trinajstić information content (AvgIpc) is 2.98. The topological polar surface area (TPSA) is 88.6 Å². The highest BCUT2D eigenvalue weighted by molar-refractivity contribution is 7.89. The summed E-state index contributed by atoms with van der Waals surface area (Å²) in [6, 6.07) is 8.35. The number of nitrogens with two attached hydrogens (primary N) is 1. The summed E-state index contributed by atoms with van der Waals surface area (Å²) >= 11 is 0. The minimum absolute atomic E-state index is 0.187. The first-order chi connectivity index (χ1) is 9.97. The molecule has 0 atom stereocenters. The Labute approximate surface area is 124 Å². The Bertz CT molecular complexity index is 696. The highest BCUT2D eigenvalue weighted by Gasteiger charge is 2.16. The molecular weight excluding hydrogens is 290 g/mol. The molecule has 6 nitrogen and oxygen atoms in total. The Kier molecular flexibility index (Phi) is 4.54. The maximum absolute atomic E-state index is 11.9. The summed E-state index contributed by atoms with van der Waals surface area (Å²) in [6.45, 7) is 3.17. The highest BCUT2D eigenvalue weighted by Crippen LogP contribution is 2.28. The van der Waals surface area contributed by atoms with E-state index in [1.165, 1.54) is 13.1 Å². The van der Waals surface area contributed by atoms with Gasteiger partial charge in [-0.25, -0.2) is 13.1 Å². The number of anilines is 2. The molecule has 2 aromatic rings. The smallest absolute Gasteiger partial charge is 0.240 e. The van der Waals surface area contributed by atoms with E-state index in [-0.39, 0.29) is 4.90 Å². The second-order valence-electron chi connectivity index (χ2n) is 4.52. The van der Waals surface area contributed by atoms with Crippen LogP contribution >= 0.6 is 0 Å². The van der Waals surface area contributed by atoms with Gasteiger partial charge in [0, 0.05) is 6.54 Å². The Morgan fingerprint density at radius 2 is 2.10 bits per heavy atom. The van der Waals surface area contributed by atoms with Crippen molar-refractivity contribution in [1.82, 2.24) is 4.72 Å². The van der Waals surface area contributed by atoms with Crippen LogP contribution in [-0.2, 0) is 16.6 Å². The summed E-state index contributed by atoms with van der Waals surface area (Å²) in [4.78, 5) is 2.15. The maximum Gasteiger partial charge on any atom is 0.240 e. The first-order valence-corrected chi connectivity index (χ1v) is 8.06. The highest BCUT2D eigenvalue weighted by atomic mass is 32.2. The summed E-state index contributed by atoms with van der Waals surface area (Å²) in [5.41, 5.74) is 7.19. The van der Waals surface area contributed by atoms with Crippen molar-refractivity contribution in [3.63, 3.8) is 0 Å². The Hall–Kier alpha value is -1.99. The molecule has 1 aromatic heterocycles. The zero-order valence-electron chi connectivity index (χ0n) is 12.0. The second kappa shape index (κ2) is 6.19. The summed E-state index contributed by atoms with van der Waals surface area (Å²) < 4.78 is 31.4. The number of hydrogen-bond donors (Lipinski definition) is 2. The van der Waals surface area contributed by atoms with E-state index in [9.17, 15) is 8.42 Å². The number of hydrogen-bond acceptors (Lipinski definition) is 5. The molecule has 1 heterocycles. The number of rotatable bonds is 6. The van der Waals surface area contributed by atoms with Crippen LogP contribution in [-0.4, -0.2) is 22.0 Å². The SMILES string of the molecule is CCN(Cc1ccco1)c1cc(S(=O)(=O)NC)ccc1N. The van der Waals surface area contributed by atoms with Gasteiger partial charge in [0.15, 0.2) is 0 Å². The number of nitrogens with zero attached hydrogens (tertiary/aromatic N) is 1. The number of furan rings is 1. The van der Waals surface area contributed by atoms with Gasteiger partial charge in [-0.05, 0) is 44.3 Å². The molecule has 2 rings (SSSR count). The molecule has 114 valence electrons. The van der Waals surface area contributed by atoms with Gasteiger partial charge in [-0.2, -0.15) is 0 Å². The molecule has 0 amide bonds. The quantitative estimate of drug-likeness (QED) is 0.794. The molecule has 0 aliphatic heterocycles. The molecule has 0 bridgehead atoms. The van der Waals surface area contributed by atoms with E-state index in [2.05, 4.69) is 4.72 Å². The third kappa shape index (κ3) is 3.37. The Morgan fingerprint density at radius 1 is 1.33 bits per heavy atom. The fraction of sp³-hybridized carbons (Fsp3) is 0.286. The van der Waals surface area contributed by atoms with Gasteiger partial charge < -0.3 is 15.1 Å². The van der Waals surface area contributed by atoms with Gasteiger partial charge in [0.1, 0.15) is 5.76 Å². The molecule has 7 heteroatoms. The molecule has 21 heavy (non-hydrogen) atoms. The van der Waals surface area contributed by atoms with E-state index in [0.717, 1.165) is 5.76 Å². The summed E-state index contributed by atoms with van der Waals surface area (Å²) in [5.74, 6) is 0.790. The van der Waals surface area contributed by atoms with Crippen LogP contribution in [0.2, 0.25) is 0 Å². The van der Waals surface area contributed by atoms with Crippen LogP contribution in [0.3, 0.4) is 0 Å². The molecule has 3 N–H and O–H groups in total. The fourth-order valence-corrected chi connectivity index (χ4v) is 2.79. The lowest BCUT2D eigenvalue weighted by Gasteiger charge is -2.24. The molecule has 0 fully saturated rings. The summed E-state index contributed by atoms with van der Waals surface area (Å²) in [7, 11) is -2.12. The molecule has 0 spiro atoms. The van der Waals surface area contributed by atoms with E-state index in [0.29, 0.717) is 24.5 Å². The van der Waals surface area contributed by atoms with Gasteiger partial charge in [-0.15, -0.1) is 0 Å². The van der Waals surface area contributed by atoms with Crippen molar-refractivity contribution in [2.45, 2.75) is 18.4 Å². The lowest BCUT2D eigenvalue weighted by Crippen LogP contribution is -2.24. The van der Waals surface area contributed by atoms with E-state index in [1.807, 2.05) is 24.0 Å².